The topological polar surface area (TPSA) is 100 Å². The van der Waals surface area contributed by atoms with Crippen LogP contribution in [0.4, 0.5) is 68.2 Å². The van der Waals surface area contributed by atoms with Gasteiger partial charge in [0, 0.05) is 90.5 Å². The fourth-order valence-corrected chi connectivity index (χ4v) is 13.2. The Morgan fingerprint density at radius 2 is 0.320 bits per heavy atom. The summed E-state index contributed by atoms with van der Waals surface area (Å²) in [6.07, 6.45) is 0. The summed E-state index contributed by atoms with van der Waals surface area (Å²) in [6.45, 7) is 0. The Balaban J connectivity index is 0.755. The second-order valence-electron chi connectivity index (χ2n) is 24.2. The zero-order valence-corrected chi connectivity index (χ0v) is 54.2. The molecule has 17 aromatic rings. The Morgan fingerprint density at radius 1 is 0.160 bits per heavy atom. The number of hydrogen-bond donors (Lipinski definition) is 0. The lowest BCUT2D eigenvalue weighted by atomic mass is 9.97. The summed E-state index contributed by atoms with van der Waals surface area (Å²) in [5.74, 6) is 0.840. The van der Waals surface area contributed by atoms with Crippen LogP contribution in [0.25, 0.3) is 78.2 Å². The van der Waals surface area contributed by atoms with Crippen molar-refractivity contribution in [1.29, 1.82) is 0 Å². The molecule has 0 spiro atoms. The van der Waals surface area contributed by atoms with Gasteiger partial charge >= 0.3 is 0 Å². The number of benzene rings is 14. The minimum atomic E-state index is 0.420. The molecule has 0 aliphatic heterocycles. The summed E-state index contributed by atoms with van der Waals surface area (Å²) in [6, 6.07) is 130. The first-order valence-electron chi connectivity index (χ1n) is 33.3. The summed E-state index contributed by atoms with van der Waals surface area (Å²) in [7, 11) is 0. The first kappa shape index (κ1) is 59.9. The van der Waals surface area contributed by atoms with Gasteiger partial charge in [0.2, 0.25) is 0 Å². The summed E-state index contributed by atoms with van der Waals surface area (Å²) in [5, 5.41) is 30.9. The summed E-state index contributed by atoms with van der Waals surface area (Å²) in [5.41, 5.74) is 23.0. The van der Waals surface area contributed by atoms with Crippen LogP contribution in [-0.2, 0) is 0 Å². The van der Waals surface area contributed by atoms with Gasteiger partial charge in [-0.3, -0.25) is 0 Å². The molecule has 0 aliphatic carbocycles. The number of para-hydroxylation sites is 8. The van der Waals surface area contributed by atoms with E-state index in [4.69, 9.17) is 30.6 Å². The van der Waals surface area contributed by atoms with E-state index in [1.54, 1.807) is 9.59 Å². The molecule has 474 valence electrons. The molecule has 0 atom stereocenters. The molecule has 0 saturated carbocycles. The third-order valence-electron chi connectivity index (χ3n) is 18.0. The van der Waals surface area contributed by atoms with Crippen LogP contribution >= 0.6 is 0 Å². The van der Waals surface area contributed by atoms with Crippen molar-refractivity contribution in [2.75, 3.05) is 19.6 Å². The highest BCUT2D eigenvalue weighted by atomic mass is 15.5. The minimum absolute atomic E-state index is 0.420. The monoisotopic (exact) mass is 1290 g/mol. The minimum Gasteiger partial charge on any atom is -0.311 e. The van der Waals surface area contributed by atoms with Crippen LogP contribution in [0.1, 0.15) is 0 Å². The predicted molar refractivity (Wildman–Crippen MR) is 407 cm³/mol. The molecule has 0 saturated heterocycles. The van der Waals surface area contributed by atoms with E-state index in [1.807, 2.05) is 60.7 Å². The number of anilines is 12. The molecular formula is C88H62N12. The SMILES string of the molecule is c1ccc(N(c2ccccc2)c2ccc(-c3ccc(-c4ccc(N(c5ccccc5)c5ccccc5)cc4)c4nn(-c5ccc(-n6nc7c(-c8ccc(N(c9ccccc9)c9ccccc9)cc8)ccc(-c8ccc(N(c9ccccc9)c9ccccc9)cc8)c7n6)nn5)nc34)cc2)cc1. The van der Waals surface area contributed by atoms with Crippen molar-refractivity contribution in [3.63, 3.8) is 0 Å². The van der Waals surface area contributed by atoms with E-state index in [0.717, 1.165) is 113 Å². The number of fused-ring (bicyclic) bond motifs is 2. The molecule has 14 aromatic carbocycles. The van der Waals surface area contributed by atoms with Crippen molar-refractivity contribution in [3.05, 3.63) is 376 Å². The molecule has 12 nitrogen and oxygen atoms in total. The van der Waals surface area contributed by atoms with Crippen molar-refractivity contribution in [2.45, 2.75) is 0 Å². The van der Waals surface area contributed by atoms with Gasteiger partial charge in [0.25, 0.3) is 0 Å². The van der Waals surface area contributed by atoms with Crippen LogP contribution in [0.2, 0.25) is 0 Å². The zero-order valence-electron chi connectivity index (χ0n) is 54.2. The highest BCUT2D eigenvalue weighted by molar-refractivity contribution is 6.02. The average Bonchev–Trinajstić information content (AvgIpc) is 1.38. The molecule has 0 N–H and O–H groups in total. The molecule has 0 radical (unpaired) electrons. The standard InChI is InChI=1S/C88H62N12/c1-9-25-67(26-10-1)95(68-27-11-2-12-28-68)75-49-41-63(42-50-75)79-57-58-80(64-43-51-76(52-44-64)96(69-29-13-3-14-30-69)70-31-15-4-16-32-70)86-85(79)91-99(92-86)83-61-62-84(90-89-83)100-93-87-81(65-45-53-77(54-46-65)97(71-33-17-5-18-34-71)72-35-19-6-20-36-72)59-60-82(88(87)94-100)66-47-55-78(56-48-66)98(73-37-21-7-22-38-73)74-39-23-8-24-40-74/h1-62H. The molecule has 17 rings (SSSR count). The second kappa shape index (κ2) is 26.8. The van der Waals surface area contributed by atoms with Gasteiger partial charge in [-0.25, -0.2) is 0 Å². The van der Waals surface area contributed by atoms with Crippen LogP contribution < -0.4 is 19.6 Å². The van der Waals surface area contributed by atoms with Crippen LogP contribution in [0, 0.1) is 0 Å². The van der Waals surface area contributed by atoms with E-state index in [2.05, 4.69) is 335 Å². The molecule has 0 amide bonds. The van der Waals surface area contributed by atoms with Gasteiger partial charge in [-0.1, -0.05) is 218 Å². The van der Waals surface area contributed by atoms with Gasteiger partial charge in [0.1, 0.15) is 22.1 Å². The fraction of sp³-hybridized carbons (Fsp3) is 0. The first-order chi connectivity index (χ1) is 49.6. The van der Waals surface area contributed by atoms with Crippen molar-refractivity contribution in [2.24, 2.45) is 0 Å². The Labute approximate surface area is 579 Å². The molecule has 3 heterocycles. The van der Waals surface area contributed by atoms with E-state index in [1.165, 1.54) is 0 Å². The van der Waals surface area contributed by atoms with E-state index < -0.39 is 0 Å². The van der Waals surface area contributed by atoms with Crippen molar-refractivity contribution in [3.8, 4) is 56.1 Å². The fourth-order valence-electron chi connectivity index (χ4n) is 13.2. The molecule has 0 fully saturated rings. The van der Waals surface area contributed by atoms with Gasteiger partial charge in [-0.05, 0) is 180 Å². The van der Waals surface area contributed by atoms with Crippen molar-refractivity contribution in [1.82, 2.24) is 40.2 Å². The van der Waals surface area contributed by atoms with Crippen LogP contribution in [0.5, 0.6) is 0 Å². The predicted octanol–water partition coefficient (Wildman–Crippen LogP) is 22.5. The lowest BCUT2D eigenvalue weighted by molar-refractivity contribution is 0.691. The largest absolute Gasteiger partial charge is 0.311 e. The smallest absolute Gasteiger partial charge is 0.196 e. The number of nitrogens with zero attached hydrogens (tertiary/aromatic N) is 12. The van der Waals surface area contributed by atoms with Gasteiger partial charge in [-0.2, -0.15) is 0 Å². The lowest BCUT2D eigenvalue weighted by Gasteiger charge is -2.25. The van der Waals surface area contributed by atoms with Crippen molar-refractivity contribution < 1.29 is 0 Å². The van der Waals surface area contributed by atoms with Gasteiger partial charge in [-0.15, -0.1) is 40.2 Å². The third-order valence-corrected chi connectivity index (χ3v) is 18.0. The van der Waals surface area contributed by atoms with Gasteiger partial charge in [0.15, 0.2) is 11.6 Å². The number of rotatable bonds is 18. The molecule has 12 heteroatoms. The van der Waals surface area contributed by atoms with Crippen molar-refractivity contribution >= 4 is 90.3 Å². The van der Waals surface area contributed by atoms with Gasteiger partial charge < -0.3 is 19.6 Å². The Kier molecular flexibility index (Phi) is 16.0. The average molecular weight is 1290 g/mol. The Morgan fingerprint density at radius 3 is 0.480 bits per heavy atom. The van der Waals surface area contributed by atoms with E-state index in [9.17, 15) is 0 Å². The normalized spacial score (nSPS) is 11.2. The second-order valence-corrected chi connectivity index (χ2v) is 24.2. The molecule has 0 bridgehead atoms. The lowest BCUT2D eigenvalue weighted by Crippen LogP contribution is -2.09. The van der Waals surface area contributed by atoms with E-state index in [0.29, 0.717) is 33.7 Å². The summed E-state index contributed by atoms with van der Waals surface area (Å²) in [4.78, 5) is 12.2. The zero-order chi connectivity index (χ0) is 66.6. The number of hydrogen-bond acceptors (Lipinski definition) is 10. The molecule has 100 heavy (non-hydrogen) atoms. The van der Waals surface area contributed by atoms with E-state index in [-0.39, 0.29) is 0 Å². The van der Waals surface area contributed by atoms with Crippen LogP contribution in [0.15, 0.2) is 376 Å². The molecule has 0 unspecified atom stereocenters. The molecular weight excluding hydrogens is 1230 g/mol. The highest BCUT2D eigenvalue weighted by Crippen LogP contribution is 2.43. The Hall–Kier alpha value is -13.8. The maximum atomic E-state index is 5.29. The quantitative estimate of drug-likeness (QED) is 0.0826. The maximum absolute atomic E-state index is 5.29. The van der Waals surface area contributed by atoms with Crippen LogP contribution in [-0.4, -0.2) is 40.2 Å². The first-order valence-corrected chi connectivity index (χ1v) is 33.3. The maximum Gasteiger partial charge on any atom is 0.196 e. The van der Waals surface area contributed by atoms with Crippen LogP contribution in [0.3, 0.4) is 0 Å². The molecule has 0 aliphatic rings. The summed E-state index contributed by atoms with van der Waals surface area (Å²) >= 11 is 0. The summed E-state index contributed by atoms with van der Waals surface area (Å²) < 4.78 is 0. The highest BCUT2D eigenvalue weighted by Gasteiger charge is 2.23. The van der Waals surface area contributed by atoms with Gasteiger partial charge in [0.05, 0.1) is 0 Å². The third kappa shape index (κ3) is 11.8. The Bertz CT molecular complexity index is 4760. The molecule has 3 aromatic heterocycles. The van der Waals surface area contributed by atoms with E-state index >= 15 is 0 Å². The number of aromatic nitrogens is 8.